The number of rotatable bonds is 8. The Morgan fingerprint density at radius 2 is 1.96 bits per heavy atom. The van der Waals surface area contributed by atoms with Crippen molar-refractivity contribution in [2.45, 2.75) is 38.8 Å². The minimum atomic E-state index is -3.13. The van der Waals surface area contributed by atoms with E-state index in [1.807, 2.05) is 19.9 Å². The number of benzene rings is 1. The highest BCUT2D eigenvalue weighted by Crippen LogP contribution is 2.21. The summed E-state index contributed by atoms with van der Waals surface area (Å²) in [5.74, 6) is -0.710. The van der Waals surface area contributed by atoms with Gasteiger partial charge in [-0.3, -0.25) is 4.79 Å². The average molecular weight is 408 g/mol. The summed E-state index contributed by atoms with van der Waals surface area (Å²) in [7, 11) is -3.13. The quantitative estimate of drug-likeness (QED) is 0.596. The van der Waals surface area contributed by atoms with Gasteiger partial charge in [0.15, 0.2) is 23.1 Å². The number of ether oxygens (including phenoxy) is 2. The summed E-state index contributed by atoms with van der Waals surface area (Å²) in [6, 6.07) is 7.67. The molecule has 1 saturated heterocycles. The number of carbonyl (C=O) groups excluding carboxylic acids is 2. The van der Waals surface area contributed by atoms with Crippen LogP contribution in [0.5, 0.6) is 5.75 Å². The molecule has 1 amide bonds. The zero-order valence-corrected chi connectivity index (χ0v) is 16.8. The summed E-state index contributed by atoms with van der Waals surface area (Å²) >= 11 is 0. The Bertz CT molecular complexity index is 844. The predicted octanol–water partition coefficient (Wildman–Crippen LogP) is 1.29. The molecule has 1 aliphatic rings. The smallest absolute Gasteiger partial charge is 0.344 e. The first-order chi connectivity index (χ1) is 13.3. The van der Waals surface area contributed by atoms with Crippen LogP contribution >= 0.6 is 0 Å². The largest absolute Gasteiger partial charge is 0.482 e. The van der Waals surface area contributed by atoms with Gasteiger partial charge >= 0.3 is 5.97 Å². The zero-order valence-electron chi connectivity index (χ0n) is 16.0. The van der Waals surface area contributed by atoms with Crippen molar-refractivity contribution in [1.29, 1.82) is 5.26 Å². The van der Waals surface area contributed by atoms with Gasteiger partial charge < -0.3 is 14.4 Å². The lowest BCUT2D eigenvalue weighted by atomic mass is 10.1. The first-order valence-electron chi connectivity index (χ1n) is 9.06. The molecular weight excluding hydrogens is 384 g/mol. The summed E-state index contributed by atoms with van der Waals surface area (Å²) in [5, 5.41) is 8.74. The van der Waals surface area contributed by atoms with Crippen molar-refractivity contribution in [3.63, 3.8) is 0 Å². The van der Waals surface area contributed by atoms with Gasteiger partial charge in [0.05, 0.1) is 23.1 Å². The molecule has 0 saturated carbocycles. The van der Waals surface area contributed by atoms with Crippen LogP contribution in [0.2, 0.25) is 0 Å². The van der Waals surface area contributed by atoms with E-state index in [1.54, 1.807) is 24.3 Å². The first-order valence-corrected chi connectivity index (χ1v) is 10.9. The fourth-order valence-electron chi connectivity index (χ4n) is 3.03. The zero-order chi connectivity index (χ0) is 20.7. The van der Waals surface area contributed by atoms with Crippen LogP contribution in [0.25, 0.3) is 0 Å². The molecule has 2 atom stereocenters. The second kappa shape index (κ2) is 9.55. The molecule has 2 rings (SSSR count). The van der Waals surface area contributed by atoms with E-state index in [-0.39, 0.29) is 30.2 Å². The van der Waals surface area contributed by atoms with Gasteiger partial charge in [-0.05, 0) is 44.0 Å². The van der Waals surface area contributed by atoms with E-state index in [1.165, 1.54) is 4.90 Å². The van der Waals surface area contributed by atoms with E-state index in [9.17, 15) is 18.0 Å². The van der Waals surface area contributed by atoms with E-state index in [0.29, 0.717) is 24.2 Å². The number of nitrogens with zero attached hydrogens (tertiary/aromatic N) is 2. The summed E-state index contributed by atoms with van der Waals surface area (Å²) in [4.78, 5) is 26.0. The third kappa shape index (κ3) is 5.96. The van der Waals surface area contributed by atoms with Gasteiger partial charge in [0, 0.05) is 12.1 Å². The third-order valence-corrected chi connectivity index (χ3v) is 6.40. The van der Waals surface area contributed by atoms with Gasteiger partial charge in [0.25, 0.3) is 5.91 Å². The monoisotopic (exact) mass is 408 g/mol. The molecule has 0 spiro atoms. The minimum absolute atomic E-state index is 0.0567. The number of hydrogen-bond acceptors (Lipinski definition) is 7. The number of sulfone groups is 1. The maximum absolute atomic E-state index is 12.6. The molecule has 0 aliphatic carbocycles. The van der Waals surface area contributed by atoms with Crippen LogP contribution in [0.15, 0.2) is 24.3 Å². The number of nitriles is 1. The van der Waals surface area contributed by atoms with Crippen LogP contribution < -0.4 is 4.74 Å². The maximum Gasteiger partial charge on any atom is 0.344 e. The standard InChI is InChI=1S/C19H24N2O6S/c1-3-14(2)21(16-8-9-28(24,25)13-16)18(22)11-27-19(23)12-26-17-6-4-15(10-20)5-7-17/h4-7,14,16H,3,8-9,11-13H2,1-2H3/t14-,16-/m0/s1. The predicted molar refractivity (Wildman–Crippen MR) is 101 cm³/mol. The molecule has 0 N–H and O–H groups in total. The Morgan fingerprint density at radius 3 is 2.50 bits per heavy atom. The van der Waals surface area contributed by atoms with Crippen LogP contribution in [-0.2, 0) is 24.2 Å². The SMILES string of the molecule is CC[C@H](C)N(C(=O)COC(=O)COc1ccc(C#N)cc1)[C@H]1CCS(=O)(=O)C1. The Balaban J connectivity index is 1.87. The lowest BCUT2D eigenvalue weighted by molar-refractivity contribution is -0.155. The molecule has 0 radical (unpaired) electrons. The molecule has 1 aromatic rings. The van der Waals surface area contributed by atoms with Crippen LogP contribution in [0.1, 0.15) is 32.3 Å². The van der Waals surface area contributed by atoms with Gasteiger partial charge in [-0.1, -0.05) is 6.92 Å². The second-order valence-electron chi connectivity index (χ2n) is 6.70. The summed E-state index contributed by atoms with van der Waals surface area (Å²) in [5.41, 5.74) is 0.472. The molecule has 1 aliphatic heterocycles. The Labute approximate surface area is 164 Å². The molecule has 28 heavy (non-hydrogen) atoms. The molecule has 1 heterocycles. The molecule has 9 heteroatoms. The molecule has 0 bridgehead atoms. The van der Waals surface area contributed by atoms with Crippen molar-refractivity contribution < 1.29 is 27.5 Å². The first kappa shape index (κ1) is 21.7. The van der Waals surface area contributed by atoms with E-state index < -0.39 is 28.3 Å². The molecule has 1 fully saturated rings. The Morgan fingerprint density at radius 1 is 1.29 bits per heavy atom. The number of esters is 1. The Hall–Kier alpha value is -2.60. The molecule has 152 valence electrons. The van der Waals surface area contributed by atoms with E-state index >= 15 is 0 Å². The van der Waals surface area contributed by atoms with Gasteiger partial charge in [0.2, 0.25) is 0 Å². The molecule has 8 nitrogen and oxygen atoms in total. The molecule has 1 aromatic carbocycles. The fraction of sp³-hybridized carbons (Fsp3) is 0.526. The lowest BCUT2D eigenvalue weighted by Crippen LogP contribution is -2.48. The van der Waals surface area contributed by atoms with Crippen molar-refractivity contribution in [2.75, 3.05) is 24.7 Å². The van der Waals surface area contributed by atoms with E-state index in [2.05, 4.69) is 0 Å². The van der Waals surface area contributed by atoms with Crippen molar-refractivity contribution in [2.24, 2.45) is 0 Å². The minimum Gasteiger partial charge on any atom is -0.482 e. The number of carbonyl (C=O) groups is 2. The van der Waals surface area contributed by atoms with Crippen LogP contribution in [0.3, 0.4) is 0 Å². The van der Waals surface area contributed by atoms with E-state index in [4.69, 9.17) is 14.7 Å². The Kier molecular flexibility index (Phi) is 7.40. The number of amides is 1. The van der Waals surface area contributed by atoms with Crippen LogP contribution in [0, 0.1) is 11.3 Å². The molecular formula is C19H24N2O6S. The summed E-state index contributed by atoms with van der Waals surface area (Å²) < 4.78 is 33.8. The average Bonchev–Trinajstić information content (AvgIpc) is 3.04. The maximum atomic E-state index is 12.6. The van der Waals surface area contributed by atoms with Gasteiger partial charge in [0.1, 0.15) is 5.75 Å². The lowest BCUT2D eigenvalue weighted by Gasteiger charge is -2.33. The topological polar surface area (TPSA) is 114 Å². The second-order valence-corrected chi connectivity index (χ2v) is 8.93. The van der Waals surface area contributed by atoms with Crippen molar-refractivity contribution in [1.82, 2.24) is 4.90 Å². The molecule has 0 aromatic heterocycles. The van der Waals surface area contributed by atoms with Crippen molar-refractivity contribution in [3.8, 4) is 11.8 Å². The van der Waals surface area contributed by atoms with Gasteiger partial charge in [-0.25, -0.2) is 13.2 Å². The number of hydrogen-bond donors (Lipinski definition) is 0. The van der Waals surface area contributed by atoms with Crippen molar-refractivity contribution in [3.05, 3.63) is 29.8 Å². The van der Waals surface area contributed by atoms with Gasteiger partial charge in [-0.15, -0.1) is 0 Å². The highest BCUT2D eigenvalue weighted by molar-refractivity contribution is 7.91. The highest BCUT2D eigenvalue weighted by atomic mass is 32.2. The third-order valence-electron chi connectivity index (χ3n) is 4.65. The highest BCUT2D eigenvalue weighted by Gasteiger charge is 2.36. The fourth-order valence-corrected chi connectivity index (χ4v) is 4.74. The van der Waals surface area contributed by atoms with E-state index in [0.717, 1.165) is 0 Å². The van der Waals surface area contributed by atoms with Crippen LogP contribution in [-0.4, -0.2) is 62.0 Å². The summed E-state index contributed by atoms with van der Waals surface area (Å²) in [6.45, 7) is 2.92. The summed E-state index contributed by atoms with van der Waals surface area (Å²) in [6.07, 6.45) is 1.06. The van der Waals surface area contributed by atoms with Crippen molar-refractivity contribution >= 4 is 21.7 Å². The van der Waals surface area contributed by atoms with Gasteiger partial charge in [-0.2, -0.15) is 5.26 Å². The normalized spacial score (nSPS) is 18.7. The molecule has 0 unspecified atom stereocenters. The van der Waals surface area contributed by atoms with Crippen LogP contribution in [0.4, 0.5) is 0 Å².